The lowest BCUT2D eigenvalue weighted by molar-refractivity contribution is 0.456. The number of hydrogen-bond acceptors (Lipinski definition) is 5. The predicted molar refractivity (Wildman–Crippen MR) is 62.9 cm³/mol. The Bertz CT molecular complexity index is 482. The largest absolute Gasteiger partial charge is 0.317 e. The van der Waals surface area contributed by atoms with Crippen molar-refractivity contribution in [3.8, 4) is 0 Å². The number of aryl methyl sites for hydroxylation is 1. The highest BCUT2D eigenvalue weighted by Gasteiger charge is 2.20. The molecule has 0 bridgehead atoms. The topological polar surface area (TPSA) is 55.1 Å². The van der Waals surface area contributed by atoms with E-state index in [9.17, 15) is 0 Å². The minimum Gasteiger partial charge on any atom is -0.317 e. The molecule has 0 amide bonds. The van der Waals surface area contributed by atoms with Crippen LogP contribution >= 0.6 is 11.3 Å². The van der Waals surface area contributed by atoms with Crippen molar-refractivity contribution in [1.29, 1.82) is 0 Å². The molecule has 0 unspecified atom stereocenters. The third-order valence-corrected chi connectivity index (χ3v) is 4.14. The Morgan fingerprint density at radius 1 is 1.38 bits per heavy atom. The van der Waals surface area contributed by atoms with Gasteiger partial charge in [0.05, 0.1) is 0 Å². The average Bonchev–Trinajstić information content (AvgIpc) is 2.89. The molecule has 1 fully saturated rings. The van der Waals surface area contributed by atoms with Gasteiger partial charge in [-0.15, -0.1) is 10.2 Å². The molecule has 0 saturated carbocycles. The molecule has 2 aromatic rings. The third kappa shape index (κ3) is 1.62. The first-order valence-corrected chi connectivity index (χ1v) is 6.62. The Hall–Kier alpha value is -1.01. The van der Waals surface area contributed by atoms with Gasteiger partial charge < -0.3 is 5.32 Å². The number of nitrogens with one attached hydrogen (secondary N) is 1. The lowest BCUT2D eigenvalue weighted by Crippen LogP contribution is -2.26. The van der Waals surface area contributed by atoms with E-state index in [1.54, 1.807) is 11.3 Å². The summed E-state index contributed by atoms with van der Waals surface area (Å²) in [4.78, 5) is 0.936. The Morgan fingerprint density at radius 2 is 2.19 bits per heavy atom. The van der Waals surface area contributed by atoms with Gasteiger partial charge in [0, 0.05) is 12.3 Å². The number of rotatable bonds is 2. The second kappa shape index (κ2) is 4.10. The van der Waals surface area contributed by atoms with Crippen molar-refractivity contribution >= 4 is 16.3 Å². The second-order valence-corrected chi connectivity index (χ2v) is 5.12. The standard InChI is InChI=1S/C10H15N5S/c1-2-8-12-13-10-15(8)14-9(16-10)7-3-5-11-6-4-7/h7,11H,2-6H2,1H3. The first-order valence-electron chi connectivity index (χ1n) is 5.80. The van der Waals surface area contributed by atoms with Crippen LogP contribution in [0.5, 0.6) is 0 Å². The van der Waals surface area contributed by atoms with E-state index in [1.165, 1.54) is 17.8 Å². The maximum Gasteiger partial charge on any atom is 0.234 e. The molecule has 1 N–H and O–H groups in total. The second-order valence-electron chi connectivity index (χ2n) is 4.13. The van der Waals surface area contributed by atoms with Crippen LogP contribution in [0.15, 0.2) is 0 Å². The molecule has 0 radical (unpaired) electrons. The highest BCUT2D eigenvalue weighted by molar-refractivity contribution is 7.16. The first-order chi connectivity index (χ1) is 7.88. The van der Waals surface area contributed by atoms with Gasteiger partial charge in [-0.3, -0.25) is 0 Å². The van der Waals surface area contributed by atoms with Crippen molar-refractivity contribution in [3.63, 3.8) is 0 Å². The molecule has 0 aliphatic carbocycles. The van der Waals surface area contributed by atoms with E-state index in [0.717, 1.165) is 30.3 Å². The van der Waals surface area contributed by atoms with E-state index in [0.29, 0.717) is 5.92 Å². The molecule has 0 atom stereocenters. The molecule has 3 heterocycles. The van der Waals surface area contributed by atoms with Crippen LogP contribution in [0.1, 0.15) is 36.5 Å². The Labute approximate surface area is 97.9 Å². The van der Waals surface area contributed by atoms with Gasteiger partial charge in [-0.1, -0.05) is 18.3 Å². The summed E-state index contributed by atoms with van der Waals surface area (Å²) in [5.74, 6) is 1.57. The number of fused-ring (bicyclic) bond motifs is 1. The van der Waals surface area contributed by atoms with Crippen molar-refractivity contribution in [2.24, 2.45) is 0 Å². The molecule has 5 nitrogen and oxygen atoms in total. The highest BCUT2D eigenvalue weighted by Crippen LogP contribution is 2.28. The van der Waals surface area contributed by atoms with Crippen LogP contribution in [0.3, 0.4) is 0 Å². The third-order valence-electron chi connectivity index (χ3n) is 3.08. The summed E-state index contributed by atoms with van der Waals surface area (Å²) in [6.45, 7) is 4.29. The van der Waals surface area contributed by atoms with Gasteiger partial charge in [-0.2, -0.15) is 9.61 Å². The Balaban J connectivity index is 1.94. The number of piperidine rings is 1. The molecule has 3 rings (SSSR count). The first kappa shape index (κ1) is 10.2. The van der Waals surface area contributed by atoms with Gasteiger partial charge in [0.2, 0.25) is 4.96 Å². The molecule has 2 aromatic heterocycles. The highest BCUT2D eigenvalue weighted by atomic mass is 32.1. The fourth-order valence-electron chi connectivity index (χ4n) is 2.13. The Kier molecular flexibility index (Phi) is 2.61. The van der Waals surface area contributed by atoms with Crippen molar-refractivity contribution in [2.75, 3.05) is 13.1 Å². The van der Waals surface area contributed by atoms with E-state index in [4.69, 9.17) is 0 Å². The van der Waals surface area contributed by atoms with Gasteiger partial charge in [0.1, 0.15) is 5.01 Å². The molecule has 1 aliphatic heterocycles. The summed E-state index contributed by atoms with van der Waals surface area (Å²) in [5.41, 5.74) is 0. The van der Waals surface area contributed by atoms with E-state index in [2.05, 4.69) is 27.5 Å². The van der Waals surface area contributed by atoms with Crippen LogP contribution in [0.2, 0.25) is 0 Å². The van der Waals surface area contributed by atoms with Crippen LogP contribution in [-0.4, -0.2) is 32.9 Å². The fourth-order valence-corrected chi connectivity index (χ4v) is 3.15. The monoisotopic (exact) mass is 237 g/mol. The fraction of sp³-hybridized carbons (Fsp3) is 0.700. The smallest absolute Gasteiger partial charge is 0.234 e. The minimum absolute atomic E-state index is 0.609. The number of nitrogens with zero attached hydrogens (tertiary/aromatic N) is 4. The summed E-state index contributed by atoms with van der Waals surface area (Å²) in [6, 6.07) is 0. The van der Waals surface area contributed by atoms with Gasteiger partial charge in [0.25, 0.3) is 0 Å². The van der Waals surface area contributed by atoms with E-state index in [1.807, 2.05) is 4.52 Å². The molecule has 0 spiro atoms. The van der Waals surface area contributed by atoms with Gasteiger partial charge in [0.15, 0.2) is 5.82 Å². The van der Waals surface area contributed by atoms with Crippen LogP contribution in [0.25, 0.3) is 4.96 Å². The lowest BCUT2D eigenvalue weighted by Gasteiger charge is -2.19. The Morgan fingerprint density at radius 3 is 2.94 bits per heavy atom. The van der Waals surface area contributed by atoms with E-state index in [-0.39, 0.29) is 0 Å². The van der Waals surface area contributed by atoms with E-state index < -0.39 is 0 Å². The minimum atomic E-state index is 0.609. The van der Waals surface area contributed by atoms with Gasteiger partial charge in [-0.25, -0.2) is 0 Å². The maximum absolute atomic E-state index is 4.65. The van der Waals surface area contributed by atoms with Gasteiger partial charge >= 0.3 is 0 Å². The van der Waals surface area contributed by atoms with Crippen molar-refractivity contribution in [2.45, 2.75) is 32.1 Å². The zero-order valence-corrected chi connectivity index (χ0v) is 10.1. The van der Waals surface area contributed by atoms with Crippen LogP contribution < -0.4 is 5.32 Å². The zero-order valence-electron chi connectivity index (χ0n) is 9.31. The molecule has 86 valence electrons. The molecule has 0 aromatic carbocycles. The maximum atomic E-state index is 4.65. The summed E-state index contributed by atoms with van der Waals surface area (Å²) in [5, 5.41) is 17.5. The normalized spacial score (nSPS) is 18.3. The molecule has 16 heavy (non-hydrogen) atoms. The van der Waals surface area contributed by atoms with Crippen LogP contribution in [0, 0.1) is 0 Å². The summed E-state index contributed by atoms with van der Waals surface area (Å²) < 4.78 is 1.90. The number of aromatic nitrogens is 4. The molecule has 1 aliphatic rings. The van der Waals surface area contributed by atoms with Crippen molar-refractivity contribution < 1.29 is 0 Å². The van der Waals surface area contributed by atoms with Crippen molar-refractivity contribution in [3.05, 3.63) is 10.8 Å². The molecular weight excluding hydrogens is 222 g/mol. The summed E-state index contributed by atoms with van der Waals surface area (Å²) in [7, 11) is 0. The van der Waals surface area contributed by atoms with Crippen LogP contribution in [-0.2, 0) is 6.42 Å². The molecule has 1 saturated heterocycles. The average molecular weight is 237 g/mol. The zero-order chi connectivity index (χ0) is 11.0. The SMILES string of the molecule is CCc1nnc2sc(C3CCNCC3)nn12. The number of hydrogen-bond donors (Lipinski definition) is 1. The van der Waals surface area contributed by atoms with Crippen molar-refractivity contribution in [1.82, 2.24) is 25.1 Å². The van der Waals surface area contributed by atoms with Gasteiger partial charge in [-0.05, 0) is 25.9 Å². The summed E-state index contributed by atoms with van der Waals surface area (Å²) in [6.07, 6.45) is 3.26. The van der Waals surface area contributed by atoms with E-state index >= 15 is 0 Å². The lowest BCUT2D eigenvalue weighted by atomic mass is 9.99. The molecular formula is C10H15N5S. The summed E-state index contributed by atoms with van der Waals surface area (Å²) >= 11 is 1.69. The molecule has 6 heteroatoms. The van der Waals surface area contributed by atoms with Crippen LogP contribution in [0.4, 0.5) is 0 Å². The quantitative estimate of drug-likeness (QED) is 0.853. The predicted octanol–water partition coefficient (Wildman–Crippen LogP) is 1.22.